The van der Waals surface area contributed by atoms with E-state index in [2.05, 4.69) is 0 Å². The van der Waals surface area contributed by atoms with E-state index >= 15 is 0 Å². The van der Waals surface area contributed by atoms with Crippen LogP contribution in [-0.4, -0.2) is 25.4 Å². The Labute approximate surface area is 135 Å². The molecule has 0 N–H and O–H groups in total. The van der Waals surface area contributed by atoms with Crippen molar-refractivity contribution in [3.8, 4) is 0 Å². The van der Waals surface area contributed by atoms with Gasteiger partial charge in [-0.05, 0) is 40.1 Å². The Morgan fingerprint density at radius 3 is 2.43 bits per heavy atom. The SMILES string of the molecule is O=S(=O)(Cc1cccc(F)c1)N(Cc1ccsc1)CC(F)(F)F. The molecule has 2 aromatic rings. The van der Waals surface area contributed by atoms with Crippen molar-refractivity contribution in [2.45, 2.75) is 18.5 Å². The highest BCUT2D eigenvalue weighted by Crippen LogP contribution is 2.23. The molecule has 1 aromatic heterocycles. The lowest BCUT2D eigenvalue weighted by atomic mass is 10.2. The standard InChI is InChI=1S/C14H13F4NO2S2/c15-13-3-1-2-11(6-13)9-23(20,21)19(10-14(16,17)18)7-12-4-5-22-8-12/h1-6,8H,7,9-10H2. The van der Waals surface area contributed by atoms with Crippen molar-refractivity contribution in [2.75, 3.05) is 6.54 Å². The van der Waals surface area contributed by atoms with Gasteiger partial charge in [0.15, 0.2) is 0 Å². The van der Waals surface area contributed by atoms with Gasteiger partial charge >= 0.3 is 6.18 Å². The summed E-state index contributed by atoms with van der Waals surface area (Å²) in [6, 6.07) is 6.36. The maximum Gasteiger partial charge on any atom is 0.402 e. The predicted molar refractivity (Wildman–Crippen MR) is 79.8 cm³/mol. The number of sulfonamides is 1. The van der Waals surface area contributed by atoms with E-state index in [1.807, 2.05) is 0 Å². The average molecular weight is 367 g/mol. The van der Waals surface area contributed by atoms with Crippen LogP contribution in [0.4, 0.5) is 17.6 Å². The van der Waals surface area contributed by atoms with Gasteiger partial charge in [-0.2, -0.15) is 28.8 Å². The molecule has 0 saturated heterocycles. The fourth-order valence-electron chi connectivity index (χ4n) is 1.97. The molecule has 0 unspecified atom stereocenters. The summed E-state index contributed by atoms with van der Waals surface area (Å²) < 4.78 is 76.3. The highest BCUT2D eigenvalue weighted by molar-refractivity contribution is 7.88. The van der Waals surface area contributed by atoms with Crippen molar-refractivity contribution in [3.05, 3.63) is 58.0 Å². The lowest BCUT2D eigenvalue weighted by Gasteiger charge is -2.23. The number of rotatable bonds is 6. The molecule has 126 valence electrons. The van der Waals surface area contributed by atoms with E-state index in [0.29, 0.717) is 9.87 Å². The van der Waals surface area contributed by atoms with E-state index < -0.39 is 34.3 Å². The third kappa shape index (κ3) is 5.60. The summed E-state index contributed by atoms with van der Waals surface area (Å²) in [4.78, 5) is 0. The Balaban J connectivity index is 2.24. The summed E-state index contributed by atoms with van der Waals surface area (Å²) in [7, 11) is -4.25. The van der Waals surface area contributed by atoms with Crippen LogP contribution in [0.2, 0.25) is 0 Å². The number of benzene rings is 1. The van der Waals surface area contributed by atoms with Crippen LogP contribution >= 0.6 is 11.3 Å². The molecule has 0 atom stereocenters. The molecule has 23 heavy (non-hydrogen) atoms. The summed E-state index contributed by atoms with van der Waals surface area (Å²) in [5.41, 5.74) is 0.574. The Morgan fingerprint density at radius 1 is 1.13 bits per heavy atom. The molecule has 1 aromatic carbocycles. The Bertz CT molecular complexity index is 742. The fraction of sp³-hybridized carbons (Fsp3) is 0.286. The van der Waals surface area contributed by atoms with E-state index in [4.69, 9.17) is 0 Å². The molecule has 0 spiro atoms. The summed E-state index contributed by atoms with van der Waals surface area (Å²) in [6.45, 7) is -1.96. The van der Waals surface area contributed by atoms with Crippen LogP contribution in [0.25, 0.3) is 0 Å². The molecule has 0 fully saturated rings. The van der Waals surface area contributed by atoms with Gasteiger partial charge in [0.2, 0.25) is 10.0 Å². The van der Waals surface area contributed by atoms with E-state index in [9.17, 15) is 26.0 Å². The molecule has 3 nitrogen and oxygen atoms in total. The van der Waals surface area contributed by atoms with Gasteiger partial charge in [0.1, 0.15) is 12.4 Å². The van der Waals surface area contributed by atoms with Gasteiger partial charge < -0.3 is 0 Å². The first-order chi connectivity index (χ1) is 10.7. The Morgan fingerprint density at radius 2 is 1.87 bits per heavy atom. The maximum atomic E-state index is 13.1. The molecule has 0 radical (unpaired) electrons. The number of halogens is 4. The van der Waals surface area contributed by atoms with Crippen molar-refractivity contribution in [3.63, 3.8) is 0 Å². The maximum absolute atomic E-state index is 13.1. The number of alkyl halides is 3. The van der Waals surface area contributed by atoms with E-state index in [0.717, 1.165) is 12.1 Å². The van der Waals surface area contributed by atoms with E-state index in [1.54, 1.807) is 16.8 Å². The fourth-order valence-corrected chi connectivity index (χ4v) is 4.10. The quantitative estimate of drug-likeness (QED) is 0.729. The molecule has 0 aliphatic rings. The third-order valence-corrected chi connectivity index (χ3v) is 5.40. The summed E-state index contributed by atoms with van der Waals surface area (Å²) in [5.74, 6) is -1.33. The van der Waals surface area contributed by atoms with Crippen LogP contribution in [0.5, 0.6) is 0 Å². The third-order valence-electron chi connectivity index (χ3n) is 2.93. The Hall–Kier alpha value is -1.45. The van der Waals surface area contributed by atoms with Gasteiger partial charge in [-0.15, -0.1) is 0 Å². The number of nitrogens with zero attached hydrogens (tertiary/aromatic N) is 1. The molecule has 1 heterocycles. The highest BCUT2D eigenvalue weighted by atomic mass is 32.2. The molecule has 0 aliphatic carbocycles. The number of hydrogen-bond acceptors (Lipinski definition) is 3. The molecule has 9 heteroatoms. The Kier molecular flexibility index (Phi) is 5.43. The van der Waals surface area contributed by atoms with Gasteiger partial charge in [0.05, 0.1) is 5.75 Å². The average Bonchev–Trinajstić information content (AvgIpc) is 2.88. The van der Waals surface area contributed by atoms with Crippen LogP contribution in [0.15, 0.2) is 41.1 Å². The summed E-state index contributed by atoms with van der Waals surface area (Å²) in [5, 5.41) is 3.24. The number of hydrogen-bond donors (Lipinski definition) is 0. The van der Waals surface area contributed by atoms with Crippen LogP contribution in [0, 0.1) is 5.82 Å². The minimum absolute atomic E-state index is 0.0995. The highest BCUT2D eigenvalue weighted by Gasteiger charge is 2.36. The van der Waals surface area contributed by atoms with Gasteiger partial charge in [-0.3, -0.25) is 0 Å². The van der Waals surface area contributed by atoms with Gasteiger partial charge in [-0.25, -0.2) is 12.8 Å². The normalized spacial score (nSPS) is 12.7. The lowest BCUT2D eigenvalue weighted by molar-refractivity contribution is -0.136. The summed E-state index contributed by atoms with van der Waals surface area (Å²) >= 11 is 1.26. The van der Waals surface area contributed by atoms with Gasteiger partial charge in [0, 0.05) is 6.54 Å². The van der Waals surface area contributed by atoms with Crippen molar-refractivity contribution >= 4 is 21.4 Å². The zero-order valence-electron chi connectivity index (χ0n) is 11.8. The van der Waals surface area contributed by atoms with E-state index in [-0.39, 0.29) is 12.1 Å². The van der Waals surface area contributed by atoms with Crippen LogP contribution in [0.3, 0.4) is 0 Å². The van der Waals surface area contributed by atoms with Crippen LogP contribution in [0.1, 0.15) is 11.1 Å². The van der Waals surface area contributed by atoms with Gasteiger partial charge in [-0.1, -0.05) is 12.1 Å². The molecule has 0 aliphatic heterocycles. The molecule has 2 rings (SSSR count). The topological polar surface area (TPSA) is 37.4 Å². The second-order valence-corrected chi connectivity index (χ2v) is 7.65. The first kappa shape index (κ1) is 17.9. The summed E-state index contributed by atoms with van der Waals surface area (Å²) in [6.07, 6.45) is -4.66. The van der Waals surface area contributed by atoms with Crippen LogP contribution < -0.4 is 0 Å². The van der Waals surface area contributed by atoms with Crippen LogP contribution in [-0.2, 0) is 22.3 Å². The lowest BCUT2D eigenvalue weighted by Crippen LogP contribution is -2.39. The molecule has 0 amide bonds. The molecular weight excluding hydrogens is 354 g/mol. The predicted octanol–water partition coefficient (Wildman–Crippen LogP) is 3.78. The molecule has 0 bridgehead atoms. The smallest absolute Gasteiger partial charge is 0.212 e. The monoisotopic (exact) mass is 367 g/mol. The van der Waals surface area contributed by atoms with E-state index in [1.165, 1.54) is 23.5 Å². The minimum Gasteiger partial charge on any atom is -0.212 e. The molecular formula is C14H13F4NO2S2. The van der Waals surface area contributed by atoms with Crippen molar-refractivity contribution in [1.82, 2.24) is 4.31 Å². The zero-order valence-corrected chi connectivity index (χ0v) is 13.4. The second-order valence-electron chi connectivity index (χ2n) is 4.90. The molecule has 0 saturated carbocycles. The minimum atomic E-state index is -4.66. The first-order valence-corrected chi connectivity index (χ1v) is 9.01. The largest absolute Gasteiger partial charge is 0.402 e. The van der Waals surface area contributed by atoms with Crippen molar-refractivity contribution < 1.29 is 26.0 Å². The zero-order chi connectivity index (χ0) is 17.1. The van der Waals surface area contributed by atoms with Gasteiger partial charge in [0.25, 0.3) is 0 Å². The number of thiophene rings is 1. The first-order valence-electron chi connectivity index (χ1n) is 6.46. The van der Waals surface area contributed by atoms with Crippen molar-refractivity contribution in [1.29, 1.82) is 0 Å². The van der Waals surface area contributed by atoms with Crippen molar-refractivity contribution in [2.24, 2.45) is 0 Å². The second kappa shape index (κ2) is 6.98.